The van der Waals surface area contributed by atoms with Crippen LogP contribution in [0, 0.1) is 6.92 Å². The van der Waals surface area contributed by atoms with Crippen LogP contribution in [0.5, 0.6) is 0 Å². The SMILES string of the molecule is CCNC(Cc1cccc(C)c1)/C1=C/CCCCCC1. The Morgan fingerprint density at radius 2 is 2.00 bits per heavy atom. The number of nitrogens with one attached hydrogen (secondary N) is 1. The second-order valence-corrected chi connectivity index (χ2v) is 6.04. The molecule has 0 bridgehead atoms. The molecule has 2 rings (SSSR count). The van der Waals surface area contributed by atoms with Gasteiger partial charge in [0.05, 0.1) is 0 Å². The van der Waals surface area contributed by atoms with E-state index < -0.39 is 0 Å². The highest BCUT2D eigenvalue weighted by Gasteiger charge is 2.14. The van der Waals surface area contributed by atoms with Crippen LogP contribution in [0.3, 0.4) is 0 Å². The molecule has 1 unspecified atom stereocenters. The van der Waals surface area contributed by atoms with Crippen molar-refractivity contribution >= 4 is 0 Å². The maximum absolute atomic E-state index is 3.70. The number of hydrogen-bond donors (Lipinski definition) is 1. The predicted molar refractivity (Wildman–Crippen MR) is 88.1 cm³/mol. The van der Waals surface area contributed by atoms with Crippen LogP contribution in [-0.2, 0) is 6.42 Å². The van der Waals surface area contributed by atoms with Gasteiger partial charge in [-0.15, -0.1) is 0 Å². The van der Waals surface area contributed by atoms with Crippen molar-refractivity contribution in [1.82, 2.24) is 5.32 Å². The lowest BCUT2D eigenvalue weighted by Gasteiger charge is -2.23. The Hall–Kier alpha value is -1.08. The minimum absolute atomic E-state index is 0.528. The quantitative estimate of drug-likeness (QED) is 0.759. The normalized spacial score (nSPS) is 20.6. The number of benzene rings is 1. The molecule has 0 amide bonds. The van der Waals surface area contributed by atoms with Gasteiger partial charge in [0.15, 0.2) is 0 Å². The molecule has 0 saturated heterocycles. The zero-order valence-electron chi connectivity index (χ0n) is 13.1. The first kappa shape index (κ1) is 15.3. The third-order valence-electron chi connectivity index (χ3n) is 4.25. The number of hydrogen-bond acceptors (Lipinski definition) is 1. The van der Waals surface area contributed by atoms with E-state index >= 15 is 0 Å². The summed E-state index contributed by atoms with van der Waals surface area (Å²) in [5, 5.41) is 3.70. The second kappa shape index (κ2) is 8.26. The molecule has 0 heterocycles. The van der Waals surface area contributed by atoms with Crippen molar-refractivity contribution in [3.05, 3.63) is 47.0 Å². The molecule has 1 aliphatic rings. The third kappa shape index (κ3) is 4.79. The van der Waals surface area contributed by atoms with E-state index in [1.165, 1.54) is 49.7 Å². The van der Waals surface area contributed by atoms with Gasteiger partial charge in [-0.3, -0.25) is 0 Å². The molecular formula is C19H29N. The van der Waals surface area contributed by atoms with Crippen molar-refractivity contribution in [2.75, 3.05) is 6.54 Å². The molecular weight excluding hydrogens is 242 g/mol. The molecule has 1 aromatic carbocycles. The molecule has 1 aliphatic carbocycles. The van der Waals surface area contributed by atoms with Gasteiger partial charge >= 0.3 is 0 Å². The van der Waals surface area contributed by atoms with Gasteiger partial charge in [0, 0.05) is 6.04 Å². The lowest BCUT2D eigenvalue weighted by Crippen LogP contribution is -2.33. The first-order chi connectivity index (χ1) is 9.79. The van der Waals surface area contributed by atoms with E-state index in [4.69, 9.17) is 0 Å². The van der Waals surface area contributed by atoms with E-state index in [-0.39, 0.29) is 0 Å². The molecule has 1 atom stereocenters. The standard InChI is InChI=1S/C19H29N/c1-3-20-19(15-17-11-9-10-16(2)14-17)18-12-7-5-4-6-8-13-18/h9-12,14,19-20H,3-8,13,15H2,1-2H3/b18-12+. The van der Waals surface area contributed by atoms with Crippen LogP contribution < -0.4 is 5.32 Å². The maximum atomic E-state index is 3.70. The van der Waals surface area contributed by atoms with Crippen molar-refractivity contribution in [3.8, 4) is 0 Å². The van der Waals surface area contributed by atoms with Crippen molar-refractivity contribution in [2.45, 2.75) is 64.8 Å². The largest absolute Gasteiger partial charge is 0.310 e. The molecule has 0 aromatic heterocycles. The molecule has 1 aromatic rings. The zero-order valence-corrected chi connectivity index (χ0v) is 13.1. The Morgan fingerprint density at radius 1 is 1.15 bits per heavy atom. The summed E-state index contributed by atoms with van der Waals surface area (Å²) in [7, 11) is 0. The van der Waals surface area contributed by atoms with E-state index in [0.717, 1.165) is 13.0 Å². The smallest absolute Gasteiger partial charge is 0.0319 e. The molecule has 1 N–H and O–H groups in total. The lowest BCUT2D eigenvalue weighted by atomic mass is 9.91. The van der Waals surface area contributed by atoms with E-state index in [0.29, 0.717) is 6.04 Å². The highest BCUT2D eigenvalue weighted by atomic mass is 14.9. The van der Waals surface area contributed by atoms with Crippen molar-refractivity contribution in [2.24, 2.45) is 0 Å². The molecule has 0 fully saturated rings. The molecule has 1 heteroatoms. The number of likely N-dealkylation sites (N-methyl/N-ethyl adjacent to an activating group) is 1. The van der Waals surface area contributed by atoms with Crippen LogP contribution >= 0.6 is 0 Å². The Morgan fingerprint density at radius 3 is 2.80 bits per heavy atom. The summed E-state index contributed by atoms with van der Waals surface area (Å²) in [6.45, 7) is 5.45. The van der Waals surface area contributed by atoms with Crippen molar-refractivity contribution in [3.63, 3.8) is 0 Å². The Labute approximate surface area is 124 Å². The van der Waals surface area contributed by atoms with Crippen molar-refractivity contribution < 1.29 is 0 Å². The summed E-state index contributed by atoms with van der Waals surface area (Å²) in [6.07, 6.45) is 11.7. The molecule has 20 heavy (non-hydrogen) atoms. The molecule has 0 saturated carbocycles. The van der Waals surface area contributed by atoms with Gasteiger partial charge in [0.2, 0.25) is 0 Å². The van der Waals surface area contributed by atoms with E-state index in [2.05, 4.69) is 49.5 Å². The average molecular weight is 271 g/mol. The van der Waals surface area contributed by atoms with Gasteiger partial charge in [-0.05, 0) is 51.1 Å². The third-order valence-corrected chi connectivity index (χ3v) is 4.25. The number of rotatable bonds is 5. The molecule has 0 spiro atoms. The van der Waals surface area contributed by atoms with Crippen molar-refractivity contribution in [1.29, 1.82) is 0 Å². The van der Waals surface area contributed by atoms with E-state index in [1.807, 2.05) is 0 Å². The van der Waals surface area contributed by atoms with Gasteiger partial charge in [-0.1, -0.05) is 61.2 Å². The molecule has 0 radical (unpaired) electrons. The van der Waals surface area contributed by atoms with Crippen LogP contribution in [0.2, 0.25) is 0 Å². The highest BCUT2D eigenvalue weighted by Crippen LogP contribution is 2.22. The first-order valence-electron chi connectivity index (χ1n) is 8.27. The summed E-state index contributed by atoms with van der Waals surface area (Å²) in [6, 6.07) is 9.48. The van der Waals surface area contributed by atoms with Gasteiger partial charge < -0.3 is 5.32 Å². The first-order valence-corrected chi connectivity index (χ1v) is 8.27. The van der Waals surface area contributed by atoms with E-state index in [1.54, 1.807) is 5.57 Å². The average Bonchev–Trinajstić information content (AvgIpc) is 2.38. The molecule has 110 valence electrons. The van der Waals surface area contributed by atoms with Gasteiger partial charge in [0.25, 0.3) is 0 Å². The van der Waals surface area contributed by atoms with Crippen LogP contribution in [0.25, 0.3) is 0 Å². The fraction of sp³-hybridized carbons (Fsp3) is 0.579. The molecule has 0 aliphatic heterocycles. The zero-order chi connectivity index (χ0) is 14.2. The summed E-state index contributed by atoms with van der Waals surface area (Å²) >= 11 is 0. The Bertz CT molecular complexity index is 433. The highest BCUT2D eigenvalue weighted by molar-refractivity contribution is 5.25. The summed E-state index contributed by atoms with van der Waals surface area (Å²) in [4.78, 5) is 0. The lowest BCUT2D eigenvalue weighted by molar-refractivity contribution is 0.536. The second-order valence-electron chi connectivity index (χ2n) is 6.04. The summed E-state index contributed by atoms with van der Waals surface area (Å²) in [5.74, 6) is 0. The van der Waals surface area contributed by atoms with Crippen LogP contribution in [0.15, 0.2) is 35.9 Å². The Kier molecular flexibility index (Phi) is 6.32. The maximum Gasteiger partial charge on any atom is 0.0319 e. The topological polar surface area (TPSA) is 12.0 Å². The Balaban J connectivity index is 2.08. The number of allylic oxidation sites excluding steroid dienone is 1. The van der Waals surface area contributed by atoms with Crippen LogP contribution in [0.4, 0.5) is 0 Å². The van der Waals surface area contributed by atoms with Gasteiger partial charge in [-0.25, -0.2) is 0 Å². The summed E-state index contributed by atoms with van der Waals surface area (Å²) < 4.78 is 0. The van der Waals surface area contributed by atoms with Gasteiger partial charge in [0.1, 0.15) is 0 Å². The monoisotopic (exact) mass is 271 g/mol. The fourth-order valence-corrected chi connectivity index (χ4v) is 3.19. The molecule has 1 nitrogen and oxygen atoms in total. The predicted octanol–water partition coefficient (Wildman–Crippen LogP) is 4.80. The minimum Gasteiger partial charge on any atom is -0.310 e. The van der Waals surface area contributed by atoms with Crippen LogP contribution in [-0.4, -0.2) is 12.6 Å². The number of aryl methyl sites for hydroxylation is 1. The fourth-order valence-electron chi connectivity index (χ4n) is 3.19. The van der Waals surface area contributed by atoms with E-state index in [9.17, 15) is 0 Å². The minimum atomic E-state index is 0.528. The van der Waals surface area contributed by atoms with Crippen LogP contribution in [0.1, 0.15) is 56.6 Å². The van der Waals surface area contributed by atoms with Gasteiger partial charge in [-0.2, -0.15) is 0 Å². The summed E-state index contributed by atoms with van der Waals surface area (Å²) in [5.41, 5.74) is 4.47.